The Labute approximate surface area is 123 Å². The number of hydrogen-bond donors (Lipinski definition) is 3. The predicted octanol–water partition coefficient (Wildman–Crippen LogP) is 2.83. The molecule has 1 heterocycles. The minimum atomic E-state index is -0.790. The van der Waals surface area contributed by atoms with E-state index in [0.29, 0.717) is 5.69 Å². The first kappa shape index (κ1) is 14.4. The van der Waals surface area contributed by atoms with E-state index in [2.05, 4.69) is 31.7 Å². The molecule has 0 saturated carbocycles. The second kappa shape index (κ2) is 5.98. The number of nitrogens with two attached hydrogens (primary N) is 1. The number of benzene rings is 1. The summed E-state index contributed by atoms with van der Waals surface area (Å²) in [5.41, 5.74) is 3.51. The van der Waals surface area contributed by atoms with Crippen LogP contribution in [0.5, 0.6) is 0 Å². The monoisotopic (exact) mass is 338 g/mol. The van der Waals surface area contributed by atoms with Crippen molar-refractivity contribution in [2.24, 2.45) is 5.84 Å². The second-order valence-corrected chi connectivity index (χ2v) is 4.94. The van der Waals surface area contributed by atoms with Crippen LogP contribution < -0.4 is 16.6 Å². The molecule has 104 valence electrons. The molecule has 0 fully saturated rings. The molecule has 0 aliphatic heterocycles. The molecule has 1 aromatic carbocycles. The summed E-state index contributed by atoms with van der Waals surface area (Å²) in [6.07, 6.45) is 1.31. The Morgan fingerprint density at radius 1 is 1.40 bits per heavy atom. The van der Waals surface area contributed by atoms with Gasteiger partial charge in [0.2, 0.25) is 0 Å². The number of aromatic nitrogens is 1. The molecule has 20 heavy (non-hydrogen) atoms. The van der Waals surface area contributed by atoms with Crippen LogP contribution in [-0.2, 0) is 0 Å². The average molecular weight is 339 g/mol. The third kappa shape index (κ3) is 2.94. The van der Waals surface area contributed by atoms with Crippen molar-refractivity contribution in [2.75, 3.05) is 10.7 Å². The van der Waals surface area contributed by atoms with Crippen molar-refractivity contribution < 1.29 is 9.18 Å². The van der Waals surface area contributed by atoms with Crippen LogP contribution in [0, 0.1) is 12.7 Å². The lowest BCUT2D eigenvalue weighted by Gasteiger charge is -2.09. The van der Waals surface area contributed by atoms with Gasteiger partial charge >= 0.3 is 0 Å². The fourth-order valence-corrected chi connectivity index (χ4v) is 1.89. The van der Waals surface area contributed by atoms with E-state index < -0.39 is 11.7 Å². The van der Waals surface area contributed by atoms with Gasteiger partial charge in [0.25, 0.3) is 5.91 Å². The third-order valence-electron chi connectivity index (χ3n) is 2.69. The Morgan fingerprint density at radius 2 is 2.15 bits per heavy atom. The van der Waals surface area contributed by atoms with Crippen molar-refractivity contribution in [3.63, 3.8) is 0 Å². The molecule has 0 aliphatic rings. The van der Waals surface area contributed by atoms with Gasteiger partial charge in [0, 0.05) is 16.4 Å². The Bertz CT molecular complexity index is 663. The van der Waals surface area contributed by atoms with Gasteiger partial charge in [-0.15, -0.1) is 0 Å². The number of nitrogen functional groups attached to an aromatic ring is 1. The maximum Gasteiger partial charge on any atom is 0.258 e. The van der Waals surface area contributed by atoms with Gasteiger partial charge in [-0.25, -0.2) is 15.2 Å². The number of aryl methyl sites for hydroxylation is 1. The summed E-state index contributed by atoms with van der Waals surface area (Å²) in [5.74, 6) is 3.59. The smallest absolute Gasteiger partial charge is 0.258 e. The maximum atomic E-state index is 13.9. The van der Waals surface area contributed by atoms with Crippen LogP contribution in [0.3, 0.4) is 0 Å². The lowest BCUT2D eigenvalue weighted by molar-refractivity contribution is 0.102. The highest BCUT2D eigenvalue weighted by atomic mass is 79.9. The maximum absolute atomic E-state index is 13.9. The lowest BCUT2D eigenvalue weighted by atomic mass is 10.2. The van der Waals surface area contributed by atoms with Crippen molar-refractivity contribution in [1.82, 2.24) is 4.98 Å². The zero-order chi connectivity index (χ0) is 14.7. The molecule has 7 heteroatoms. The van der Waals surface area contributed by atoms with E-state index in [9.17, 15) is 9.18 Å². The number of anilines is 2. The fraction of sp³-hybridized carbons (Fsp3) is 0.0769. The summed E-state index contributed by atoms with van der Waals surface area (Å²) in [6, 6.07) is 6.59. The van der Waals surface area contributed by atoms with Crippen molar-refractivity contribution in [2.45, 2.75) is 6.92 Å². The van der Waals surface area contributed by atoms with Crippen molar-refractivity contribution >= 4 is 33.3 Å². The molecule has 0 aliphatic carbocycles. The second-order valence-electron chi connectivity index (χ2n) is 4.08. The van der Waals surface area contributed by atoms with E-state index in [4.69, 9.17) is 5.84 Å². The number of carbonyl (C=O) groups excluding carboxylic acids is 1. The Hall–Kier alpha value is -1.99. The Morgan fingerprint density at radius 3 is 2.80 bits per heavy atom. The van der Waals surface area contributed by atoms with E-state index in [-0.39, 0.29) is 11.4 Å². The highest BCUT2D eigenvalue weighted by Gasteiger charge is 2.15. The molecular formula is C13H12BrFN4O. The van der Waals surface area contributed by atoms with Crippen LogP contribution in [0.15, 0.2) is 34.9 Å². The molecule has 2 rings (SSSR count). The Kier molecular flexibility index (Phi) is 4.31. The summed E-state index contributed by atoms with van der Waals surface area (Å²) in [6.45, 7) is 1.89. The molecular weight excluding hydrogens is 327 g/mol. The number of pyridine rings is 1. The molecule has 5 nitrogen and oxygen atoms in total. The SMILES string of the molecule is Cc1cc(NC(=O)c2ccnc(NN)c2F)ccc1Br. The van der Waals surface area contributed by atoms with Crippen molar-refractivity contribution in [3.8, 4) is 0 Å². The average Bonchev–Trinajstić information content (AvgIpc) is 2.43. The van der Waals surface area contributed by atoms with E-state index in [1.54, 1.807) is 18.2 Å². The minimum Gasteiger partial charge on any atom is -0.322 e. The van der Waals surface area contributed by atoms with E-state index in [1.807, 2.05) is 6.92 Å². The molecule has 4 N–H and O–H groups in total. The van der Waals surface area contributed by atoms with Gasteiger partial charge in [0.05, 0.1) is 5.56 Å². The van der Waals surface area contributed by atoms with Gasteiger partial charge in [-0.3, -0.25) is 4.79 Å². The molecule has 2 aromatic rings. The van der Waals surface area contributed by atoms with E-state index in [1.165, 1.54) is 12.3 Å². The van der Waals surface area contributed by atoms with Gasteiger partial charge in [0.15, 0.2) is 11.6 Å². The molecule has 0 atom stereocenters. The van der Waals surface area contributed by atoms with Crippen LogP contribution in [0.1, 0.15) is 15.9 Å². The van der Waals surface area contributed by atoms with Gasteiger partial charge in [-0.05, 0) is 36.8 Å². The summed E-state index contributed by atoms with van der Waals surface area (Å²) in [7, 11) is 0. The normalized spacial score (nSPS) is 10.2. The molecule has 0 spiro atoms. The van der Waals surface area contributed by atoms with Crippen LogP contribution in [0.25, 0.3) is 0 Å². The standard InChI is InChI=1S/C13H12BrFN4O/c1-7-6-8(2-3-10(7)14)18-13(20)9-4-5-17-12(19-16)11(9)15/h2-6H,16H2,1H3,(H,17,19)(H,18,20). The van der Waals surface area contributed by atoms with Crippen LogP contribution in [0.4, 0.5) is 15.9 Å². The summed E-state index contributed by atoms with van der Waals surface area (Å²) in [4.78, 5) is 15.7. The van der Waals surface area contributed by atoms with E-state index in [0.717, 1.165) is 10.0 Å². The molecule has 0 saturated heterocycles. The molecule has 1 amide bonds. The first-order valence-corrected chi connectivity index (χ1v) is 6.51. The highest BCUT2D eigenvalue weighted by Crippen LogP contribution is 2.21. The minimum absolute atomic E-state index is 0.131. The van der Waals surface area contributed by atoms with Gasteiger partial charge in [-0.1, -0.05) is 15.9 Å². The topological polar surface area (TPSA) is 80.0 Å². The number of hydrogen-bond acceptors (Lipinski definition) is 4. The third-order valence-corrected chi connectivity index (χ3v) is 3.58. The molecule has 0 radical (unpaired) electrons. The number of rotatable bonds is 3. The number of carbonyl (C=O) groups is 1. The summed E-state index contributed by atoms with van der Waals surface area (Å²) < 4.78 is 14.8. The van der Waals surface area contributed by atoms with Crippen LogP contribution in [0.2, 0.25) is 0 Å². The van der Waals surface area contributed by atoms with Crippen LogP contribution in [-0.4, -0.2) is 10.9 Å². The van der Waals surface area contributed by atoms with E-state index >= 15 is 0 Å². The van der Waals surface area contributed by atoms with Crippen molar-refractivity contribution in [1.29, 1.82) is 0 Å². The number of hydrazine groups is 1. The highest BCUT2D eigenvalue weighted by molar-refractivity contribution is 9.10. The first-order chi connectivity index (χ1) is 9.52. The number of halogens is 2. The number of nitrogens with one attached hydrogen (secondary N) is 2. The zero-order valence-electron chi connectivity index (χ0n) is 10.6. The van der Waals surface area contributed by atoms with Crippen molar-refractivity contribution in [3.05, 3.63) is 51.9 Å². The van der Waals surface area contributed by atoms with Gasteiger partial charge in [0.1, 0.15) is 0 Å². The predicted molar refractivity (Wildman–Crippen MR) is 78.8 cm³/mol. The number of amides is 1. The molecule has 1 aromatic heterocycles. The first-order valence-electron chi connectivity index (χ1n) is 5.71. The molecule has 0 unspecified atom stereocenters. The van der Waals surface area contributed by atoms with Gasteiger partial charge in [-0.2, -0.15) is 0 Å². The number of nitrogens with zero attached hydrogens (tertiary/aromatic N) is 1. The Balaban J connectivity index is 2.26. The fourth-order valence-electron chi connectivity index (χ4n) is 1.64. The largest absolute Gasteiger partial charge is 0.322 e. The zero-order valence-corrected chi connectivity index (χ0v) is 12.2. The quantitative estimate of drug-likeness (QED) is 0.593. The van der Waals surface area contributed by atoms with Gasteiger partial charge < -0.3 is 10.7 Å². The lowest BCUT2D eigenvalue weighted by Crippen LogP contribution is -2.17. The summed E-state index contributed by atoms with van der Waals surface area (Å²) in [5, 5.41) is 2.62. The molecule has 0 bridgehead atoms. The van der Waals surface area contributed by atoms with Crippen LogP contribution >= 0.6 is 15.9 Å². The summed E-state index contributed by atoms with van der Waals surface area (Å²) >= 11 is 3.37.